The maximum atomic E-state index is 10.8. The molecule has 76 valence electrons. The monoisotopic (exact) mass is 199 g/mol. The van der Waals surface area contributed by atoms with Crippen LogP contribution in [-0.2, 0) is 0 Å². The Kier molecular flexibility index (Phi) is 2.42. The Morgan fingerprint density at radius 1 is 1.20 bits per heavy atom. The molecule has 0 aliphatic heterocycles. The first-order valence-electron chi connectivity index (χ1n) is 4.92. The first kappa shape index (κ1) is 9.71. The van der Waals surface area contributed by atoms with Gasteiger partial charge in [0.25, 0.3) is 0 Å². The Morgan fingerprint density at radius 3 is 2.73 bits per heavy atom. The number of aldehydes is 1. The summed E-state index contributed by atoms with van der Waals surface area (Å²) < 4.78 is 1.91. The van der Waals surface area contributed by atoms with Crippen LogP contribution >= 0.6 is 0 Å². The van der Waals surface area contributed by atoms with Gasteiger partial charge in [-0.1, -0.05) is 12.1 Å². The fourth-order valence-electron chi connectivity index (χ4n) is 1.69. The number of aromatic nitrogens is 1. The zero-order valence-electron chi connectivity index (χ0n) is 8.90. The van der Waals surface area contributed by atoms with Gasteiger partial charge in [-0.05, 0) is 43.2 Å². The van der Waals surface area contributed by atoms with Crippen LogP contribution in [0.2, 0.25) is 0 Å². The van der Waals surface area contributed by atoms with Crippen molar-refractivity contribution in [2.75, 3.05) is 0 Å². The van der Waals surface area contributed by atoms with E-state index in [0.717, 1.165) is 12.0 Å². The van der Waals surface area contributed by atoms with Crippen molar-refractivity contribution in [1.29, 1.82) is 0 Å². The van der Waals surface area contributed by atoms with Crippen molar-refractivity contribution in [3.05, 3.63) is 53.3 Å². The van der Waals surface area contributed by atoms with Crippen molar-refractivity contribution in [3.63, 3.8) is 0 Å². The van der Waals surface area contributed by atoms with E-state index in [0.29, 0.717) is 5.69 Å². The molecule has 1 aromatic carbocycles. The van der Waals surface area contributed by atoms with Gasteiger partial charge in [-0.3, -0.25) is 4.79 Å². The second kappa shape index (κ2) is 3.73. The molecule has 0 spiro atoms. The van der Waals surface area contributed by atoms with Crippen LogP contribution in [0.1, 0.15) is 21.6 Å². The maximum absolute atomic E-state index is 10.8. The lowest BCUT2D eigenvalue weighted by molar-refractivity contribution is 0.111. The van der Waals surface area contributed by atoms with Crippen molar-refractivity contribution < 1.29 is 4.79 Å². The average molecular weight is 199 g/mol. The number of carbonyl (C=O) groups is 1. The van der Waals surface area contributed by atoms with Crippen molar-refractivity contribution in [3.8, 4) is 5.69 Å². The summed E-state index contributed by atoms with van der Waals surface area (Å²) >= 11 is 0. The summed E-state index contributed by atoms with van der Waals surface area (Å²) in [7, 11) is 0. The minimum Gasteiger partial charge on any atom is -0.314 e. The molecule has 15 heavy (non-hydrogen) atoms. The lowest BCUT2D eigenvalue weighted by atomic mass is 10.1. The summed E-state index contributed by atoms with van der Waals surface area (Å²) in [5.74, 6) is 0. The molecule has 0 fully saturated rings. The molecule has 1 heterocycles. The average Bonchev–Trinajstić information content (AvgIpc) is 2.69. The Labute approximate surface area is 89.2 Å². The topological polar surface area (TPSA) is 22.0 Å². The summed E-state index contributed by atoms with van der Waals surface area (Å²) in [5, 5.41) is 0. The van der Waals surface area contributed by atoms with Crippen LogP contribution in [0, 0.1) is 13.8 Å². The van der Waals surface area contributed by atoms with E-state index in [1.807, 2.05) is 36.7 Å². The fourth-order valence-corrected chi connectivity index (χ4v) is 1.69. The summed E-state index contributed by atoms with van der Waals surface area (Å²) in [5.41, 5.74) is 4.12. The van der Waals surface area contributed by atoms with Gasteiger partial charge < -0.3 is 4.57 Å². The van der Waals surface area contributed by atoms with Gasteiger partial charge in [0, 0.05) is 11.9 Å². The third-order valence-corrected chi connectivity index (χ3v) is 2.53. The second-order valence-electron chi connectivity index (χ2n) is 3.71. The third kappa shape index (κ3) is 1.71. The molecule has 0 bridgehead atoms. The zero-order valence-corrected chi connectivity index (χ0v) is 8.90. The SMILES string of the molecule is Cc1ccc(C)c(-n2cccc2C=O)c1. The maximum Gasteiger partial charge on any atom is 0.166 e. The number of hydrogen-bond acceptors (Lipinski definition) is 1. The van der Waals surface area contributed by atoms with Crippen molar-refractivity contribution in [2.45, 2.75) is 13.8 Å². The third-order valence-electron chi connectivity index (χ3n) is 2.53. The van der Waals surface area contributed by atoms with Crippen LogP contribution in [-0.4, -0.2) is 10.9 Å². The van der Waals surface area contributed by atoms with Crippen molar-refractivity contribution >= 4 is 6.29 Å². The first-order valence-corrected chi connectivity index (χ1v) is 4.92. The van der Waals surface area contributed by atoms with Gasteiger partial charge in [0.1, 0.15) is 0 Å². The van der Waals surface area contributed by atoms with Crippen molar-refractivity contribution in [2.24, 2.45) is 0 Å². The molecule has 0 unspecified atom stereocenters. The van der Waals surface area contributed by atoms with E-state index in [1.165, 1.54) is 11.1 Å². The summed E-state index contributed by atoms with van der Waals surface area (Å²) in [4.78, 5) is 10.8. The van der Waals surface area contributed by atoms with Crippen LogP contribution in [0.3, 0.4) is 0 Å². The predicted octanol–water partition coefficient (Wildman–Crippen LogP) is 2.91. The largest absolute Gasteiger partial charge is 0.314 e. The molecule has 0 saturated heterocycles. The molecule has 2 aromatic rings. The standard InChI is InChI=1S/C13H13NO/c1-10-5-6-11(2)13(8-10)14-7-3-4-12(14)9-15/h3-9H,1-2H3. The molecular weight excluding hydrogens is 186 g/mol. The number of nitrogens with zero attached hydrogens (tertiary/aromatic N) is 1. The molecule has 2 nitrogen and oxygen atoms in total. The normalized spacial score (nSPS) is 10.3. The lowest BCUT2D eigenvalue weighted by Gasteiger charge is -2.09. The van der Waals surface area contributed by atoms with Gasteiger partial charge in [-0.2, -0.15) is 0 Å². The fraction of sp³-hybridized carbons (Fsp3) is 0.154. The molecule has 0 amide bonds. The minimum atomic E-state index is 0.684. The van der Waals surface area contributed by atoms with E-state index in [1.54, 1.807) is 0 Å². The number of hydrogen-bond donors (Lipinski definition) is 0. The highest BCUT2D eigenvalue weighted by atomic mass is 16.1. The quantitative estimate of drug-likeness (QED) is 0.681. The molecule has 0 aliphatic rings. The van der Waals surface area contributed by atoms with Crippen molar-refractivity contribution in [1.82, 2.24) is 4.57 Å². The predicted molar refractivity (Wildman–Crippen MR) is 60.6 cm³/mol. The van der Waals surface area contributed by atoms with Gasteiger partial charge >= 0.3 is 0 Å². The van der Waals surface area contributed by atoms with Crippen LogP contribution in [0.15, 0.2) is 36.5 Å². The van der Waals surface area contributed by atoms with Gasteiger partial charge in [0.15, 0.2) is 6.29 Å². The molecular formula is C13H13NO. The van der Waals surface area contributed by atoms with E-state index in [9.17, 15) is 4.79 Å². The molecule has 1 aromatic heterocycles. The number of aryl methyl sites for hydroxylation is 2. The number of rotatable bonds is 2. The summed E-state index contributed by atoms with van der Waals surface area (Å²) in [6.45, 7) is 4.09. The van der Waals surface area contributed by atoms with E-state index in [4.69, 9.17) is 0 Å². The summed E-state index contributed by atoms with van der Waals surface area (Å²) in [6, 6.07) is 9.92. The lowest BCUT2D eigenvalue weighted by Crippen LogP contribution is -2.00. The number of carbonyl (C=O) groups excluding carboxylic acids is 1. The highest BCUT2D eigenvalue weighted by molar-refractivity contribution is 5.74. The smallest absolute Gasteiger partial charge is 0.166 e. The highest BCUT2D eigenvalue weighted by Crippen LogP contribution is 2.17. The highest BCUT2D eigenvalue weighted by Gasteiger charge is 2.04. The van der Waals surface area contributed by atoms with Crippen LogP contribution < -0.4 is 0 Å². The number of benzene rings is 1. The van der Waals surface area contributed by atoms with Gasteiger partial charge in [-0.25, -0.2) is 0 Å². The Morgan fingerprint density at radius 2 is 2.00 bits per heavy atom. The van der Waals surface area contributed by atoms with Gasteiger partial charge in [-0.15, -0.1) is 0 Å². The van der Waals surface area contributed by atoms with E-state index >= 15 is 0 Å². The zero-order chi connectivity index (χ0) is 10.8. The van der Waals surface area contributed by atoms with Gasteiger partial charge in [0.2, 0.25) is 0 Å². The van der Waals surface area contributed by atoms with Crippen LogP contribution in [0.25, 0.3) is 5.69 Å². The molecule has 0 saturated carbocycles. The molecule has 0 aliphatic carbocycles. The molecule has 0 N–H and O–H groups in total. The van der Waals surface area contributed by atoms with Gasteiger partial charge in [0.05, 0.1) is 5.69 Å². The Balaban J connectivity index is 2.62. The Bertz CT molecular complexity index is 497. The molecule has 0 radical (unpaired) electrons. The van der Waals surface area contributed by atoms with E-state index < -0.39 is 0 Å². The van der Waals surface area contributed by atoms with E-state index in [2.05, 4.69) is 18.2 Å². The second-order valence-corrected chi connectivity index (χ2v) is 3.71. The first-order chi connectivity index (χ1) is 7.22. The molecule has 0 atom stereocenters. The van der Waals surface area contributed by atoms with Crippen LogP contribution in [0.4, 0.5) is 0 Å². The Hall–Kier alpha value is -1.83. The molecule has 2 rings (SSSR count). The summed E-state index contributed by atoms with van der Waals surface area (Å²) in [6.07, 6.45) is 2.78. The minimum absolute atomic E-state index is 0.684. The van der Waals surface area contributed by atoms with Crippen LogP contribution in [0.5, 0.6) is 0 Å². The van der Waals surface area contributed by atoms with E-state index in [-0.39, 0.29) is 0 Å². The molecule has 2 heteroatoms.